The van der Waals surface area contributed by atoms with Crippen molar-refractivity contribution in [2.45, 2.75) is 12.8 Å². The second-order valence-corrected chi connectivity index (χ2v) is 1.35. The first-order valence-corrected chi connectivity index (χ1v) is 2.65. The maximum Gasteiger partial charge on any atom is 0.0571 e. The first-order valence-electron chi connectivity index (χ1n) is 2.65. The molecule has 0 rings (SSSR count). The van der Waals surface area contributed by atoms with E-state index >= 15 is 0 Å². The SMILES string of the molecule is [CH2]CC#CCCOC. The van der Waals surface area contributed by atoms with Gasteiger partial charge in [-0.3, -0.25) is 0 Å². The number of hydrogen-bond acceptors (Lipinski definition) is 1. The summed E-state index contributed by atoms with van der Waals surface area (Å²) in [6.07, 6.45) is 1.52. The Morgan fingerprint density at radius 1 is 1.50 bits per heavy atom. The van der Waals surface area contributed by atoms with E-state index in [4.69, 9.17) is 4.74 Å². The van der Waals surface area contributed by atoms with Gasteiger partial charge in [0.05, 0.1) is 6.61 Å². The van der Waals surface area contributed by atoms with E-state index in [0.717, 1.165) is 13.0 Å². The van der Waals surface area contributed by atoms with Crippen LogP contribution >= 0.6 is 0 Å². The molecule has 0 heterocycles. The van der Waals surface area contributed by atoms with Crippen LogP contribution in [0.5, 0.6) is 0 Å². The molecule has 1 radical (unpaired) electrons. The average molecular weight is 111 g/mol. The highest BCUT2D eigenvalue weighted by molar-refractivity contribution is 4.98. The van der Waals surface area contributed by atoms with Gasteiger partial charge in [-0.15, -0.1) is 11.8 Å². The average Bonchev–Trinajstić information content (AvgIpc) is 1.81. The van der Waals surface area contributed by atoms with Crippen LogP contribution in [0.2, 0.25) is 0 Å². The molecule has 45 valence electrons. The van der Waals surface area contributed by atoms with E-state index in [9.17, 15) is 0 Å². The van der Waals surface area contributed by atoms with Gasteiger partial charge in [-0.25, -0.2) is 0 Å². The van der Waals surface area contributed by atoms with Crippen LogP contribution in [-0.2, 0) is 4.74 Å². The zero-order chi connectivity index (χ0) is 6.24. The highest BCUT2D eigenvalue weighted by Crippen LogP contribution is 1.75. The van der Waals surface area contributed by atoms with Gasteiger partial charge in [0.25, 0.3) is 0 Å². The van der Waals surface area contributed by atoms with Crippen LogP contribution in [0.4, 0.5) is 0 Å². The van der Waals surface area contributed by atoms with Crippen LogP contribution in [0.15, 0.2) is 0 Å². The topological polar surface area (TPSA) is 9.23 Å². The van der Waals surface area contributed by atoms with Gasteiger partial charge in [-0.1, -0.05) is 0 Å². The van der Waals surface area contributed by atoms with Crippen LogP contribution in [0.1, 0.15) is 12.8 Å². The summed E-state index contributed by atoms with van der Waals surface area (Å²) in [7, 11) is 1.67. The maximum absolute atomic E-state index is 4.77. The molecule has 1 heteroatoms. The number of rotatable bonds is 2. The Labute approximate surface area is 51.0 Å². The first kappa shape index (κ1) is 7.52. The van der Waals surface area contributed by atoms with Gasteiger partial charge in [0, 0.05) is 20.0 Å². The summed E-state index contributed by atoms with van der Waals surface area (Å²) in [6.45, 7) is 4.30. The van der Waals surface area contributed by atoms with Crippen molar-refractivity contribution in [1.29, 1.82) is 0 Å². The zero-order valence-electron chi connectivity index (χ0n) is 5.24. The molecule has 0 aromatic carbocycles. The minimum absolute atomic E-state index is 0.698. The molecule has 0 fully saturated rings. The quantitative estimate of drug-likeness (QED) is 0.385. The molecule has 0 amide bonds. The largest absolute Gasteiger partial charge is 0.384 e. The van der Waals surface area contributed by atoms with Crippen molar-refractivity contribution in [2.24, 2.45) is 0 Å². The molecule has 0 aliphatic heterocycles. The number of hydrogen-bond donors (Lipinski definition) is 0. The molecule has 0 aromatic heterocycles. The summed E-state index contributed by atoms with van der Waals surface area (Å²) in [5, 5.41) is 0. The second kappa shape index (κ2) is 6.52. The lowest BCUT2D eigenvalue weighted by atomic mass is 10.4. The lowest BCUT2D eigenvalue weighted by Gasteiger charge is -1.85. The van der Waals surface area contributed by atoms with Crippen molar-refractivity contribution in [3.63, 3.8) is 0 Å². The second-order valence-electron chi connectivity index (χ2n) is 1.35. The molecule has 0 aliphatic rings. The van der Waals surface area contributed by atoms with E-state index in [1.54, 1.807) is 7.11 Å². The first-order chi connectivity index (χ1) is 3.91. The van der Waals surface area contributed by atoms with Crippen LogP contribution in [-0.4, -0.2) is 13.7 Å². The van der Waals surface area contributed by atoms with E-state index in [1.807, 2.05) is 0 Å². The summed E-state index contributed by atoms with van der Waals surface area (Å²) < 4.78 is 4.77. The molecule has 1 nitrogen and oxygen atoms in total. The summed E-state index contributed by atoms with van der Waals surface area (Å²) in [5.41, 5.74) is 0. The van der Waals surface area contributed by atoms with E-state index in [-0.39, 0.29) is 0 Å². The van der Waals surface area contributed by atoms with Crippen molar-refractivity contribution in [3.05, 3.63) is 6.92 Å². The molecule has 0 bridgehead atoms. The Morgan fingerprint density at radius 2 is 2.25 bits per heavy atom. The van der Waals surface area contributed by atoms with Gasteiger partial charge >= 0.3 is 0 Å². The molecule has 0 aromatic rings. The Bertz CT molecular complexity index is 86.3. The van der Waals surface area contributed by atoms with E-state index in [2.05, 4.69) is 18.8 Å². The standard InChI is InChI=1S/C7H11O/c1-3-4-5-6-7-8-2/h1,3,6-7H2,2H3. The van der Waals surface area contributed by atoms with Crippen molar-refractivity contribution in [2.75, 3.05) is 13.7 Å². The summed E-state index contributed by atoms with van der Waals surface area (Å²) in [5.74, 6) is 5.74. The summed E-state index contributed by atoms with van der Waals surface area (Å²) in [6, 6.07) is 0. The molecule has 0 unspecified atom stereocenters. The Kier molecular flexibility index (Phi) is 6.13. The minimum Gasteiger partial charge on any atom is -0.384 e. The monoisotopic (exact) mass is 111 g/mol. The number of ether oxygens (including phenoxy) is 1. The fourth-order valence-corrected chi connectivity index (χ4v) is 0.330. The van der Waals surface area contributed by atoms with Crippen LogP contribution in [0.25, 0.3) is 0 Å². The van der Waals surface area contributed by atoms with Gasteiger partial charge in [0.2, 0.25) is 0 Å². The Balaban J connectivity index is 2.90. The Morgan fingerprint density at radius 3 is 2.75 bits per heavy atom. The van der Waals surface area contributed by atoms with Crippen LogP contribution in [0.3, 0.4) is 0 Å². The molecule has 0 saturated carbocycles. The molecular formula is C7H11O. The molecule has 0 spiro atoms. The van der Waals surface area contributed by atoms with Gasteiger partial charge in [-0.2, -0.15) is 0 Å². The molecule has 0 N–H and O–H groups in total. The normalized spacial score (nSPS) is 7.75. The lowest BCUT2D eigenvalue weighted by molar-refractivity contribution is 0.206. The van der Waals surface area contributed by atoms with Gasteiger partial charge in [0.15, 0.2) is 0 Å². The zero-order valence-corrected chi connectivity index (χ0v) is 5.24. The molecule has 0 atom stereocenters. The minimum atomic E-state index is 0.698. The van der Waals surface area contributed by atoms with Crippen molar-refractivity contribution in [3.8, 4) is 11.8 Å². The summed E-state index contributed by atoms with van der Waals surface area (Å²) in [4.78, 5) is 0. The van der Waals surface area contributed by atoms with E-state index in [1.165, 1.54) is 0 Å². The molecule has 0 saturated heterocycles. The fourth-order valence-electron chi connectivity index (χ4n) is 0.330. The van der Waals surface area contributed by atoms with E-state index in [0.29, 0.717) is 6.42 Å². The highest BCUT2D eigenvalue weighted by atomic mass is 16.5. The molecule has 0 aliphatic carbocycles. The van der Waals surface area contributed by atoms with E-state index < -0.39 is 0 Å². The smallest absolute Gasteiger partial charge is 0.0571 e. The van der Waals surface area contributed by atoms with Crippen molar-refractivity contribution < 1.29 is 4.74 Å². The third-order valence-corrected chi connectivity index (χ3v) is 0.681. The van der Waals surface area contributed by atoms with Gasteiger partial charge in [-0.05, 0) is 6.92 Å². The van der Waals surface area contributed by atoms with Gasteiger partial charge in [0.1, 0.15) is 0 Å². The number of methoxy groups -OCH3 is 1. The fraction of sp³-hybridized carbons (Fsp3) is 0.571. The Hall–Kier alpha value is -0.480. The third-order valence-electron chi connectivity index (χ3n) is 0.681. The van der Waals surface area contributed by atoms with Crippen LogP contribution < -0.4 is 0 Å². The third kappa shape index (κ3) is 5.52. The predicted octanol–water partition coefficient (Wildman–Crippen LogP) is 1.25. The van der Waals surface area contributed by atoms with Crippen molar-refractivity contribution >= 4 is 0 Å². The highest BCUT2D eigenvalue weighted by Gasteiger charge is 1.72. The van der Waals surface area contributed by atoms with Crippen molar-refractivity contribution in [1.82, 2.24) is 0 Å². The molecular weight excluding hydrogens is 100 g/mol. The lowest BCUT2D eigenvalue weighted by Crippen LogP contribution is -1.83. The molecule has 8 heavy (non-hydrogen) atoms. The summed E-state index contributed by atoms with van der Waals surface area (Å²) >= 11 is 0. The maximum atomic E-state index is 4.77. The predicted molar refractivity (Wildman–Crippen MR) is 34.2 cm³/mol. The van der Waals surface area contributed by atoms with Gasteiger partial charge < -0.3 is 4.74 Å². The van der Waals surface area contributed by atoms with Crippen LogP contribution in [0, 0.1) is 18.8 Å².